The van der Waals surface area contributed by atoms with Gasteiger partial charge in [0.2, 0.25) is 5.96 Å². The average molecular weight is 462 g/mol. The molecule has 0 aromatic heterocycles. The number of carbonyl (C=O) groups excluding carboxylic acids is 1. The zero-order valence-corrected chi connectivity index (χ0v) is 18.0. The molecule has 0 bridgehead atoms. The van der Waals surface area contributed by atoms with Crippen molar-refractivity contribution in [3.63, 3.8) is 0 Å². The zero-order chi connectivity index (χ0) is 20.7. The number of nitriles is 1. The van der Waals surface area contributed by atoms with Gasteiger partial charge in [0.15, 0.2) is 0 Å². The fourth-order valence-corrected chi connectivity index (χ4v) is 4.58. The fraction of sp³-hybridized carbons (Fsp3) is 0.261. The molecular weight excluding hydrogens is 442 g/mol. The number of hydrogen-bond acceptors (Lipinski definition) is 5. The first-order valence-electron chi connectivity index (χ1n) is 9.94. The van der Waals surface area contributed by atoms with Crippen molar-refractivity contribution in [2.24, 2.45) is 4.99 Å². The molecular formula is C23H20BrN5O. The van der Waals surface area contributed by atoms with Gasteiger partial charge in [-0.1, -0.05) is 40.2 Å². The summed E-state index contributed by atoms with van der Waals surface area (Å²) in [5.74, 6) is 0.827. The number of amides is 1. The fourth-order valence-electron chi connectivity index (χ4n) is 4.32. The molecule has 5 rings (SSSR count). The van der Waals surface area contributed by atoms with E-state index in [1.807, 2.05) is 53.4 Å². The van der Waals surface area contributed by atoms with E-state index >= 15 is 0 Å². The lowest BCUT2D eigenvalue weighted by atomic mass is 10.1. The molecule has 150 valence electrons. The van der Waals surface area contributed by atoms with E-state index < -0.39 is 0 Å². The maximum atomic E-state index is 13.4. The minimum atomic E-state index is 0.0538. The van der Waals surface area contributed by atoms with Gasteiger partial charge < -0.3 is 4.90 Å². The molecule has 3 aliphatic heterocycles. The Bertz CT molecular complexity index is 1120. The highest BCUT2D eigenvalue weighted by Gasteiger charge is 2.42. The summed E-state index contributed by atoms with van der Waals surface area (Å²) < 4.78 is 1.02. The Hall–Kier alpha value is -2.95. The Balaban J connectivity index is 1.37. The average Bonchev–Trinajstić information content (AvgIpc) is 3.40. The van der Waals surface area contributed by atoms with Crippen LogP contribution in [0.2, 0.25) is 0 Å². The van der Waals surface area contributed by atoms with Crippen LogP contribution in [0.5, 0.6) is 0 Å². The smallest absolute Gasteiger partial charge is 0.259 e. The van der Waals surface area contributed by atoms with Crippen LogP contribution < -0.4 is 0 Å². The molecule has 0 fully saturated rings. The van der Waals surface area contributed by atoms with Crippen LogP contribution in [0.1, 0.15) is 16.7 Å². The number of halogens is 1. The highest BCUT2D eigenvalue weighted by Crippen LogP contribution is 2.32. The number of carbonyl (C=O) groups is 1. The van der Waals surface area contributed by atoms with E-state index in [-0.39, 0.29) is 5.91 Å². The van der Waals surface area contributed by atoms with Crippen molar-refractivity contribution in [3.8, 4) is 6.07 Å². The predicted molar refractivity (Wildman–Crippen MR) is 117 cm³/mol. The summed E-state index contributed by atoms with van der Waals surface area (Å²) in [6, 6.07) is 17.9. The van der Waals surface area contributed by atoms with Crippen LogP contribution in [-0.4, -0.2) is 52.7 Å². The maximum absolute atomic E-state index is 13.4. The first kappa shape index (κ1) is 19.0. The molecule has 0 saturated heterocycles. The molecule has 30 heavy (non-hydrogen) atoms. The molecule has 2 aromatic rings. The molecule has 0 N–H and O–H groups in total. The van der Waals surface area contributed by atoms with Crippen LogP contribution >= 0.6 is 15.9 Å². The van der Waals surface area contributed by atoms with Crippen molar-refractivity contribution in [3.05, 3.63) is 81.0 Å². The Labute approximate surface area is 183 Å². The summed E-state index contributed by atoms with van der Waals surface area (Å²) in [4.78, 5) is 24.3. The predicted octanol–water partition coefficient (Wildman–Crippen LogP) is 3.10. The van der Waals surface area contributed by atoms with Crippen molar-refractivity contribution < 1.29 is 4.79 Å². The summed E-state index contributed by atoms with van der Waals surface area (Å²) in [6.45, 7) is 4.09. The Morgan fingerprint density at radius 2 is 1.90 bits per heavy atom. The van der Waals surface area contributed by atoms with Crippen LogP contribution in [0.25, 0.3) is 0 Å². The van der Waals surface area contributed by atoms with E-state index in [0.717, 1.165) is 45.9 Å². The second kappa shape index (κ2) is 7.71. The van der Waals surface area contributed by atoms with E-state index in [9.17, 15) is 4.79 Å². The highest BCUT2D eigenvalue weighted by molar-refractivity contribution is 9.10. The van der Waals surface area contributed by atoms with Crippen molar-refractivity contribution in [1.29, 1.82) is 5.26 Å². The third-order valence-electron chi connectivity index (χ3n) is 5.71. The van der Waals surface area contributed by atoms with Crippen LogP contribution in [0.4, 0.5) is 0 Å². The van der Waals surface area contributed by atoms with Crippen molar-refractivity contribution >= 4 is 27.8 Å². The molecule has 0 atom stereocenters. The summed E-state index contributed by atoms with van der Waals surface area (Å²) in [6.07, 6.45) is 0. The monoisotopic (exact) mass is 461 g/mol. The lowest BCUT2D eigenvalue weighted by Gasteiger charge is -2.35. The minimum Gasteiger partial charge on any atom is -0.312 e. The lowest BCUT2D eigenvalue weighted by Crippen LogP contribution is -2.49. The molecule has 2 aromatic carbocycles. The Morgan fingerprint density at radius 3 is 2.70 bits per heavy atom. The lowest BCUT2D eigenvalue weighted by molar-refractivity contribution is -0.125. The first-order valence-corrected chi connectivity index (χ1v) is 10.7. The van der Waals surface area contributed by atoms with Gasteiger partial charge in [-0.25, -0.2) is 0 Å². The third-order valence-corrected chi connectivity index (χ3v) is 6.24. The van der Waals surface area contributed by atoms with Gasteiger partial charge in [0.25, 0.3) is 5.91 Å². The molecule has 0 aliphatic carbocycles. The van der Waals surface area contributed by atoms with Gasteiger partial charge in [-0.05, 0) is 35.4 Å². The first-order chi connectivity index (χ1) is 14.6. The maximum Gasteiger partial charge on any atom is 0.259 e. The van der Waals surface area contributed by atoms with Gasteiger partial charge in [0.1, 0.15) is 0 Å². The van der Waals surface area contributed by atoms with Crippen molar-refractivity contribution in [2.75, 3.05) is 26.2 Å². The van der Waals surface area contributed by atoms with Crippen molar-refractivity contribution in [2.45, 2.75) is 13.1 Å². The topological polar surface area (TPSA) is 62.9 Å². The normalized spacial score (nSPS) is 18.4. The van der Waals surface area contributed by atoms with Crippen LogP contribution in [0, 0.1) is 11.3 Å². The van der Waals surface area contributed by atoms with Crippen LogP contribution in [0.3, 0.4) is 0 Å². The third kappa shape index (κ3) is 3.42. The summed E-state index contributed by atoms with van der Waals surface area (Å²) in [5.41, 5.74) is 4.77. The van der Waals surface area contributed by atoms with Gasteiger partial charge >= 0.3 is 0 Å². The molecule has 6 nitrogen and oxygen atoms in total. The van der Waals surface area contributed by atoms with Gasteiger partial charge in [-0.15, -0.1) is 0 Å². The van der Waals surface area contributed by atoms with E-state index in [4.69, 9.17) is 5.26 Å². The highest BCUT2D eigenvalue weighted by atomic mass is 79.9. The number of hydrogen-bond donors (Lipinski definition) is 0. The minimum absolute atomic E-state index is 0.0538. The molecule has 0 radical (unpaired) electrons. The second-order valence-corrected chi connectivity index (χ2v) is 8.65. The summed E-state index contributed by atoms with van der Waals surface area (Å²) >= 11 is 3.46. The van der Waals surface area contributed by atoms with Crippen molar-refractivity contribution in [1.82, 2.24) is 14.7 Å². The number of rotatable bonds is 4. The van der Waals surface area contributed by atoms with Crippen LogP contribution in [0.15, 0.2) is 69.3 Å². The Morgan fingerprint density at radius 1 is 1.07 bits per heavy atom. The van der Waals surface area contributed by atoms with E-state index in [1.165, 1.54) is 0 Å². The molecule has 3 aliphatic rings. The molecule has 0 spiro atoms. The van der Waals surface area contributed by atoms with E-state index in [1.54, 1.807) is 0 Å². The largest absolute Gasteiger partial charge is 0.312 e. The number of fused-ring (bicyclic) bond motifs is 2. The van der Waals surface area contributed by atoms with Gasteiger partial charge in [-0.3, -0.25) is 19.6 Å². The van der Waals surface area contributed by atoms with E-state index in [0.29, 0.717) is 31.7 Å². The number of nitrogens with zero attached hydrogens (tertiary/aromatic N) is 5. The van der Waals surface area contributed by atoms with E-state index in [2.05, 4.69) is 36.8 Å². The molecule has 0 unspecified atom stereocenters. The SMILES string of the molecule is N#Cc1cccc(CN2CC3=C(C2)N2CCN=C2N(Cc2ccc(Br)cc2)C3=O)c1. The molecule has 3 heterocycles. The number of benzene rings is 2. The van der Waals surface area contributed by atoms with Gasteiger partial charge in [0.05, 0.1) is 30.3 Å². The van der Waals surface area contributed by atoms with Gasteiger partial charge in [-0.2, -0.15) is 5.26 Å². The summed E-state index contributed by atoms with van der Waals surface area (Å²) in [7, 11) is 0. The number of aliphatic imine (C=N–C) groups is 1. The number of guanidine groups is 1. The van der Waals surface area contributed by atoms with Crippen LogP contribution in [-0.2, 0) is 17.9 Å². The summed E-state index contributed by atoms with van der Waals surface area (Å²) in [5, 5.41) is 9.15. The standard InChI is InChI=1S/C23H20BrN5O/c24-19-6-4-16(5-7-19)13-29-22(30)20-14-27(12-18-3-1-2-17(10-18)11-25)15-21(20)28-9-8-26-23(28)29/h1-7,10H,8-9,12-15H2. The molecule has 1 amide bonds. The second-order valence-electron chi connectivity index (χ2n) is 7.73. The molecule has 0 saturated carbocycles. The Kier molecular flexibility index (Phi) is 4.89. The molecule has 7 heteroatoms. The van der Waals surface area contributed by atoms with Gasteiger partial charge in [0, 0.05) is 36.3 Å². The zero-order valence-electron chi connectivity index (χ0n) is 16.4. The quantitative estimate of drug-likeness (QED) is 0.701.